The van der Waals surface area contributed by atoms with E-state index in [1.54, 1.807) is 0 Å². The second kappa shape index (κ2) is 9.97. The number of hydrogen-bond acceptors (Lipinski definition) is 4. The van der Waals surface area contributed by atoms with E-state index in [4.69, 9.17) is 4.74 Å². The lowest BCUT2D eigenvalue weighted by molar-refractivity contribution is -0.137. The molecule has 0 aliphatic carbocycles. The number of esters is 1. The highest BCUT2D eigenvalue weighted by atomic mass is 16.5. The summed E-state index contributed by atoms with van der Waals surface area (Å²) in [4.78, 5) is 21.7. The molecule has 2 N–H and O–H groups in total. The molecule has 0 spiro atoms. The summed E-state index contributed by atoms with van der Waals surface area (Å²) >= 11 is 0. The van der Waals surface area contributed by atoms with E-state index in [0.717, 1.165) is 6.08 Å². The van der Waals surface area contributed by atoms with Gasteiger partial charge in [-0.1, -0.05) is 6.58 Å². The molecule has 0 bridgehead atoms. The van der Waals surface area contributed by atoms with Crippen molar-refractivity contribution in [1.82, 2.24) is 10.6 Å². The molecule has 16 heavy (non-hydrogen) atoms. The second-order valence-corrected chi connectivity index (χ2v) is 2.75. The minimum Gasteiger partial charge on any atom is -0.461 e. The summed E-state index contributed by atoms with van der Waals surface area (Å²) in [5, 5.41) is 5.11. The normalized spacial score (nSPS) is 9.31. The van der Waals surface area contributed by atoms with Gasteiger partial charge in [0.25, 0.3) is 0 Å². The fourth-order valence-corrected chi connectivity index (χ4v) is 0.819. The summed E-state index contributed by atoms with van der Waals surface area (Å²) in [6, 6.07) is -0.311. The monoisotopic (exact) mass is 230 g/mol. The van der Waals surface area contributed by atoms with E-state index in [2.05, 4.69) is 21.9 Å². The van der Waals surface area contributed by atoms with Crippen LogP contribution in [-0.4, -0.2) is 44.9 Å². The number of carbonyl (C=O) groups excluding carboxylic acids is 2. The number of ether oxygens (including phenoxy) is 2. The predicted molar refractivity (Wildman–Crippen MR) is 59.1 cm³/mol. The van der Waals surface area contributed by atoms with Gasteiger partial charge in [-0.25, -0.2) is 9.59 Å². The Morgan fingerprint density at radius 2 is 1.88 bits per heavy atom. The molecule has 0 aromatic heterocycles. The van der Waals surface area contributed by atoms with Crippen LogP contribution in [0.15, 0.2) is 12.7 Å². The van der Waals surface area contributed by atoms with Crippen LogP contribution < -0.4 is 10.6 Å². The van der Waals surface area contributed by atoms with Gasteiger partial charge in [-0.15, -0.1) is 0 Å². The molecule has 0 radical (unpaired) electrons. The van der Waals surface area contributed by atoms with Gasteiger partial charge in [0, 0.05) is 19.2 Å². The van der Waals surface area contributed by atoms with Gasteiger partial charge in [0.2, 0.25) is 0 Å². The highest BCUT2D eigenvalue weighted by Gasteiger charge is 1.99. The number of rotatable bonds is 8. The van der Waals surface area contributed by atoms with E-state index in [0.29, 0.717) is 19.8 Å². The second-order valence-electron chi connectivity index (χ2n) is 2.75. The number of carbonyl (C=O) groups is 2. The van der Waals surface area contributed by atoms with Crippen molar-refractivity contribution in [3.8, 4) is 0 Å². The zero-order valence-corrected chi connectivity index (χ0v) is 9.45. The molecule has 0 aromatic carbocycles. The lowest BCUT2D eigenvalue weighted by Crippen LogP contribution is -2.39. The number of nitrogens with one attached hydrogen (secondary N) is 2. The van der Waals surface area contributed by atoms with E-state index in [-0.39, 0.29) is 19.2 Å². The highest BCUT2D eigenvalue weighted by molar-refractivity contribution is 5.81. The Morgan fingerprint density at radius 3 is 2.44 bits per heavy atom. The van der Waals surface area contributed by atoms with Crippen LogP contribution in [0.2, 0.25) is 0 Å². The van der Waals surface area contributed by atoms with Crippen LogP contribution in [-0.2, 0) is 14.3 Å². The van der Waals surface area contributed by atoms with Crippen molar-refractivity contribution in [3.63, 3.8) is 0 Å². The third-order valence-corrected chi connectivity index (χ3v) is 1.53. The number of amides is 2. The SMILES string of the molecule is C=CC(=O)OCCNC(=O)NCCOCC. The third-order valence-electron chi connectivity index (χ3n) is 1.53. The molecule has 0 unspecified atom stereocenters. The summed E-state index contributed by atoms with van der Waals surface area (Å²) in [6.07, 6.45) is 1.07. The van der Waals surface area contributed by atoms with Crippen LogP contribution in [0.4, 0.5) is 4.79 Å². The smallest absolute Gasteiger partial charge is 0.330 e. The average molecular weight is 230 g/mol. The van der Waals surface area contributed by atoms with E-state index in [9.17, 15) is 9.59 Å². The van der Waals surface area contributed by atoms with Gasteiger partial charge in [0.15, 0.2) is 0 Å². The minimum absolute atomic E-state index is 0.129. The van der Waals surface area contributed by atoms with Crippen LogP contribution in [0.3, 0.4) is 0 Å². The van der Waals surface area contributed by atoms with Crippen LogP contribution in [0.1, 0.15) is 6.92 Å². The van der Waals surface area contributed by atoms with E-state index >= 15 is 0 Å². The summed E-state index contributed by atoms with van der Waals surface area (Å²) in [5.41, 5.74) is 0. The molecule has 92 valence electrons. The predicted octanol–water partition coefficient (Wildman–Crippen LogP) is 0.0513. The molecule has 0 saturated carbocycles. The minimum atomic E-state index is -0.501. The first kappa shape index (κ1) is 14.4. The molecule has 0 aliphatic heterocycles. The lowest BCUT2D eigenvalue weighted by atomic mass is 10.6. The molecule has 0 aromatic rings. The van der Waals surface area contributed by atoms with Crippen LogP contribution >= 0.6 is 0 Å². The first-order chi connectivity index (χ1) is 7.70. The lowest BCUT2D eigenvalue weighted by Gasteiger charge is -2.07. The van der Waals surface area contributed by atoms with E-state index in [1.165, 1.54) is 0 Å². The average Bonchev–Trinajstić information content (AvgIpc) is 2.30. The van der Waals surface area contributed by atoms with Crippen LogP contribution in [0.25, 0.3) is 0 Å². The molecule has 2 amide bonds. The van der Waals surface area contributed by atoms with Crippen molar-refractivity contribution >= 4 is 12.0 Å². The van der Waals surface area contributed by atoms with Gasteiger partial charge in [0.1, 0.15) is 6.61 Å². The van der Waals surface area contributed by atoms with Crippen molar-refractivity contribution in [1.29, 1.82) is 0 Å². The standard InChI is InChI=1S/C10H18N2O4/c1-3-9(13)16-8-6-12-10(14)11-5-7-15-4-2/h3H,1,4-8H2,2H3,(H2,11,12,14). The molecular formula is C10H18N2O4. The van der Waals surface area contributed by atoms with Gasteiger partial charge in [0.05, 0.1) is 13.2 Å². The summed E-state index contributed by atoms with van der Waals surface area (Å²) < 4.78 is 9.69. The van der Waals surface area contributed by atoms with Gasteiger partial charge in [-0.2, -0.15) is 0 Å². The Labute approximate surface area is 95.0 Å². The maximum absolute atomic E-state index is 11.1. The van der Waals surface area contributed by atoms with Crippen molar-refractivity contribution in [3.05, 3.63) is 12.7 Å². The molecule has 0 saturated heterocycles. The first-order valence-electron chi connectivity index (χ1n) is 5.09. The Hall–Kier alpha value is -1.56. The van der Waals surface area contributed by atoms with Gasteiger partial charge < -0.3 is 20.1 Å². The van der Waals surface area contributed by atoms with Crippen LogP contribution in [0, 0.1) is 0 Å². The molecule has 0 atom stereocenters. The molecular weight excluding hydrogens is 212 g/mol. The molecule has 0 aliphatic rings. The number of urea groups is 1. The Balaban J connectivity index is 3.30. The zero-order valence-electron chi connectivity index (χ0n) is 9.45. The third kappa shape index (κ3) is 9.01. The summed E-state index contributed by atoms with van der Waals surface area (Å²) in [7, 11) is 0. The van der Waals surface area contributed by atoms with Gasteiger partial charge in [-0.3, -0.25) is 0 Å². The van der Waals surface area contributed by atoms with Gasteiger partial charge in [-0.05, 0) is 6.92 Å². The Morgan fingerprint density at radius 1 is 1.25 bits per heavy atom. The highest BCUT2D eigenvalue weighted by Crippen LogP contribution is 1.77. The van der Waals surface area contributed by atoms with E-state index < -0.39 is 5.97 Å². The topological polar surface area (TPSA) is 76.7 Å². The molecule has 0 rings (SSSR count). The van der Waals surface area contributed by atoms with E-state index in [1.807, 2.05) is 6.92 Å². The number of hydrogen-bond donors (Lipinski definition) is 2. The zero-order chi connectivity index (χ0) is 12.2. The quantitative estimate of drug-likeness (QED) is 0.351. The summed E-state index contributed by atoms with van der Waals surface area (Å²) in [5.74, 6) is -0.501. The molecule has 0 fully saturated rings. The molecule has 6 nitrogen and oxygen atoms in total. The Kier molecular flexibility index (Phi) is 9.00. The fourth-order valence-electron chi connectivity index (χ4n) is 0.819. The first-order valence-corrected chi connectivity index (χ1v) is 5.09. The Bertz CT molecular complexity index is 231. The molecule has 0 heterocycles. The van der Waals surface area contributed by atoms with Gasteiger partial charge >= 0.3 is 12.0 Å². The van der Waals surface area contributed by atoms with Crippen LogP contribution in [0.5, 0.6) is 0 Å². The largest absolute Gasteiger partial charge is 0.461 e. The summed E-state index contributed by atoms with van der Waals surface area (Å²) in [6.45, 7) is 7.08. The van der Waals surface area contributed by atoms with Crippen molar-refractivity contribution < 1.29 is 19.1 Å². The van der Waals surface area contributed by atoms with Crippen molar-refractivity contribution in [2.45, 2.75) is 6.92 Å². The maximum atomic E-state index is 11.1. The molecule has 6 heteroatoms. The maximum Gasteiger partial charge on any atom is 0.330 e. The fraction of sp³-hybridized carbons (Fsp3) is 0.600. The van der Waals surface area contributed by atoms with Crippen molar-refractivity contribution in [2.24, 2.45) is 0 Å². The van der Waals surface area contributed by atoms with Crippen molar-refractivity contribution in [2.75, 3.05) is 32.9 Å².